The molecule has 118 valence electrons. The van der Waals surface area contributed by atoms with Crippen LogP contribution in [0.4, 0.5) is 0 Å². The molecule has 5 nitrogen and oxygen atoms in total. The number of hydrogen-bond acceptors (Lipinski definition) is 5. The Kier molecular flexibility index (Phi) is 6.29. The minimum Gasteiger partial charge on any atom is -0.493 e. The minimum absolute atomic E-state index is 0.106. The van der Waals surface area contributed by atoms with Crippen LogP contribution >= 0.6 is 0 Å². The van der Waals surface area contributed by atoms with Gasteiger partial charge in [-0.3, -0.25) is 0 Å². The van der Waals surface area contributed by atoms with E-state index >= 15 is 0 Å². The minimum atomic E-state index is 0.106. The Morgan fingerprint density at radius 1 is 1.38 bits per heavy atom. The maximum absolute atomic E-state index is 5.92. The first-order valence-electron chi connectivity index (χ1n) is 7.61. The third-order valence-corrected chi connectivity index (χ3v) is 3.50. The van der Waals surface area contributed by atoms with E-state index in [1.807, 2.05) is 18.2 Å². The molecule has 2 rings (SSSR count). The van der Waals surface area contributed by atoms with Gasteiger partial charge in [-0.05, 0) is 19.5 Å². The summed E-state index contributed by atoms with van der Waals surface area (Å²) in [5.74, 6) is 1.62. The Hall–Kier alpha value is -1.30. The Labute approximate surface area is 127 Å². The molecule has 1 fully saturated rings. The van der Waals surface area contributed by atoms with E-state index in [9.17, 15) is 0 Å². The van der Waals surface area contributed by atoms with E-state index < -0.39 is 0 Å². The van der Waals surface area contributed by atoms with Crippen molar-refractivity contribution in [2.75, 3.05) is 40.0 Å². The smallest absolute Gasteiger partial charge is 0.127 e. The number of rotatable bonds is 7. The lowest BCUT2D eigenvalue weighted by molar-refractivity contribution is -0.0405. The molecule has 0 bridgehead atoms. The summed E-state index contributed by atoms with van der Waals surface area (Å²) in [5.41, 5.74) is 6.76. The molecular weight excluding hydrogens is 268 g/mol. The lowest BCUT2D eigenvalue weighted by Crippen LogP contribution is -2.42. The van der Waals surface area contributed by atoms with E-state index in [-0.39, 0.29) is 6.10 Å². The molecule has 0 aromatic heterocycles. The van der Waals surface area contributed by atoms with Gasteiger partial charge in [-0.25, -0.2) is 0 Å². The van der Waals surface area contributed by atoms with Crippen LogP contribution in [-0.2, 0) is 11.3 Å². The lowest BCUT2D eigenvalue weighted by Gasteiger charge is -2.30. The summed E-state index contributed by atoms with van der Waals surface area (Å²) < 4.78 is 17.3. The monoisotopic (exact) mass is 294 g/mol. The molecule has 1 atom stereocenters. The van der Waals surface area contributed by atoms with Gasteiger partial charge < -0.3 is 24.8 Å². The van der Waals surface area contributed by atoms with E-state index in [2.05, 4.69) is 18.9 Å². The molecular formula is C16H26N2O3. The average Bonchev–Trinajstić information content (AvgIpc) is 2.51. The third-order valence-electron chi connectivity index (χ3n) is 3.50. The van der Waals surface area contributed by atoms with E-state index in [0.717, 1.165) is 43.2 Å². The van der Waals surface area contributed by atoms with Crippen molar-refractivity contribution in [2.45, 2.75) is 26.0 Å². The molecule has 1 saturated heterocycles. The topological polar surface area (TPSA) is 57.0 Å². The van der Waals surface area contributed by atoms with E-state index in [1.165, 1.54) is 0 Å². The fraction of sp³-hybridized carbons (Fsp3) is 0.625. The van der Waals surface area contributed by atoms with Crippen LogP contribution in [0.2, 0.25) is 0 Å². The standard InChI is InChI=1S/C16H26N2O3/c1-3-7-19-14-5-4-13(10-17)16(9-14)21-12-15-11-18(2)6-8-20-15/h4-5,9,15H,3,6-8,10-12,17H2,1-2H3. The summed E-state index contributed by atoms with van der Waals surface area (Å²) in [7, 11) is 2.10. The Morgan fingerprint density at radius 3 is 2.95 bits per heavy atom. The summed E-state index contributed by atoms with van der Waals surface area (Å²) >= 11 is 0. The van der Waals surface area contributed by atoms with Crippen molar-refractivity contribution in [1.82, 2.24) is 4.90 Å². The highest BCUT2D eigenvalue weighted by Gasteiger charge is 2.18. The van der Waals surface area contributed by atoms with Gasteiger partial charge in [0.2, 0.25) is 0 Å². The summed E-state index contributed by atoms with van der Waals surface area (Å²) in [6.07, 6.45) is 1.09. The van der Waals surface area contributed by atoms with Crippen LogP contribution in [0.5, 0.6) is 11.5 Å². The highest BCUT2D eigenvalue weighted by atomic mass is 16.5. The third kappa shape index (κ3) is 4.88. The molecule has 1 aliphatic heterocycles. The Bertz CT molecular complexity index is 440. The number of nitrogens with two attached hydrogens (primary N) is 1. The predicted molar refractivity (Wildman–Crippen MR) is 82.9 cm³/mol. The fourth-order valence-corrected chi connectivity index (χ4v) is 2.30. The van der Waals surface area contributed by atoms with Gasteiger partial charge in [0, 0.05) is 31.3 Å². The van der Waals surface area contributed by atoms with Crippen LogP contribution in [0.1, 0.15) is 18.9 Å². The van der Waals surface area contributed by atoms with Gasteiger partial charge in [-0.1, -0.05) is 13.0 Å². The first-order chi connectivity index (χ1) is 10.2. The zero-order chi connectivity index (χ0) is 15.1. The summed E-state index contributed by atoms with van der Waals surface area (Å²) in [6.45, 7) is 6.41. The Balaban J connectivity index is 1.96. The van der Waals surface area contributed by atoms with Crippen molar-refractivity contribution in [1.29, 1.82) is 0 Å². The molecule has 0 spiro atoms. The normalized spacial score (nSPS) is 19.5. The summed E-state index contributed by atoms with van der Waals surface area (Å²) in [4.78, 5) is 2.25. The highest BCUT2D eigenvalue weighted by molar-refractivity contribution is 5.40. The van der Waals surface area contributed by atoms with Crippen LogP contribution in [-0.4, -0.2) is 51.0 Å². The van der Waals surface area contributed by atoms with E-state index in [0.29, 0.717) is 19.8 Å². The number of benzene rings is 1. The van der Waals surface area contributed by atoms with Crippen LogP contribution in [0, 0.1) is 0 Å². The van der Waals surface area contributed by atoms with Gasteiger partial charge in [0.15, 0.2) is 0 Å². The number of nitrogens with zero attached hydrogens (tertiary/aromatic N) is 1. The van der Waals surface area contributed by atoms with Crippen LogP contribution < -0.4 is 15.2 Å². The van der Waals surface area contributed by atoms with Crippen molar-refractivity contribution in [3.63, 3.8) is 0 Å². The molecule has 0 amide bonds. The van der Waals surface area contributed by atoms with Gasteiger partial charge in [-0.15, -0.1) is 0 Å². The first-order valence-corrected chi connectivity index (χ1v) is 7.61. The first kappa shape index (κ1) is 16.1. The number of hydrogen-bond donors (Lipinski definition) is 1. The molecule has 1 heterocycles. The second-order valence-electron chi connectivity index (χ2n) is 5.39. The van der Waals surface area contributed by atoms with Crippen LogP contribution in [0.3, 0.4) is 0 Å². The Morgan fingerprint density at radius 2 is 2.24 bits per heavy atom. The van der Waals surface area contributed by atoms with Crippen LogP contribution in [0.15, 0.2) is 18.2 Å². The average molecular weight is 294 g/mol. The van der Waals surface area contributed by atoms with Gasteiger partial charge >= 0.3 is 0 Å². The predicted octanol–water partition coefficient (Wildman–Crippen LogP) is 1.64. The molecule has 5 heteroatoms. The molecule has 0 saturated carbocycles. The lowest BCUT2D eigenvalue weighted by atomic mass is 10.2. The second kappa shape index (κ2) is 8.22. The maximum Gasteiger partial charge on any atom is 0.127 e. The number of ether oxygens (including phenoxy) is 3. The van der Waals surface area contributed by atoms with Gasteiger partial charge in [0.1, 0.15) is 24.2 Å². The maximum atomic E-state index is 5.92. The van der Waals surface area contributed by atoms with Gasteiger partial charge in [0.05, 0.1) is 13.2 Å². The number of morpholine rings is 1. The van der Waals surface area contributed by atoms with Crippen molar-refractivity contribution >= 4 is 0 Å². The molecule has 0 radical (unpaired) electrons. The molecule has 0 aliphatic carbocycles. The SMILES string of the molecule is CCCOc1ccc(CN)c(OCC2CN(C)CCO2)c1. The molecule has 1 aromatic rings. The zero-order valence-corrected chi connectivity index (χ0v) is 13.0. The van der Waals surface area contributed by atoms with Crippen molar-refractivity contribution in [3.8, 4) is 11.5 Å². The van der Waals surface area contributed by atoms with Crippen molar-refractivity contribution < 1.29 is 14.2 Å². The number of likely N-dealkylation sites (N-methyl/N-ethyl adjacent to an activating group) is 1. The zero-order valence-electron chi connectivity index (χ0n) is 13.0. The molecule has 1 aliphatic rings. The van der Waals surface area contributed by atoms with Gasteiger partial charge in [0.25, 0.3) is 0 Å². The highest BCUT2D eigenvalue weighted by Crippen LogP contribution is 2.25. The molecule has 1 unspecified atom stereocenters. The largest absolute Gasteiger partial charge is 0.493 e. The quantitative estimate of drug-likeness (QED) is 0.828. The van der Waals surface area contributed by atoms with E-state index in [4.69, 9.17) is 19.9 Å². The van der Waals surface area contributed by atoms with Crippen molar-refractivity contribution in [3.05, 3.63) is 23.8 Å². The van der Waals surface area contributed by atoms with Crippen LogP contribution in [0.25, 0.3) is 0 Å². The summed E-state index contributed by atoms with van der Waals surface area (Å²) in [6, 6.07) is 5.83. The second-order valence-corrected chi connectivity index (χ2v) is 5.39. The van der Waals surface area contributed by atoms with Crippen molar-refractivity contribution in [2.24, 2.45) is 5.73 Å². The van der Waals surface area contributed by atoms with Gasteiger partial charge in [-0.2, -0.15) is 0 Å². The summed E-state index contributed by atoms with van der Waals surface area (Å²) in [5, 5.41) is 0. The molecule has 21 heavy (non-hydrogen) atoms. The molecule has 2 N–H and O–H groups in total. The van der Waals surface area contributed by atoms with E-state index in [1.54, 1.807) is 0 Å². The molecule has 1 aromatic carbocycles. The fourth-order valence-electron chi connectivity index (χ4n) is 2.30.